The predicted octanol–water partition coefficient (Wildman–Crippen LogP) is 1.71. The Bertz CT molecular complexity index is 804. The van der Waals surface area contributed by atoms with Gasteiger partial charge in [-0.05, 0) is 25.2 Å². The summed E-state index contributed by atoms with van der Waals surface area (Å²) in [6, 6.07) is 4.21. The highest BCUT2D eigenvalue weighted by Gasteiger charge is 2.26. The van der Waals surface area contributed by atoms with E-state index < -0.39 is 17.8 Å². The van der Waals surface area contributed by atoms with Crippen LogP contribution >= 0.6 is 11.3 Å². The van der Waals surface area contributed by atoms with Gasteiger partial charge in [0.15, 0.2) is 5.13 Å². The molecule has 140 valence electrons. The zero-order valence-electron chi connectivity index (χ0n) is 14.4. The van der Waals surface area contributed by atoms with Crippen LogP contribution in [0.5, 0.6) is 0 Å². The number of rotatable bonds is 6. The fourth-order valence-corrected chi connectivity index (χ4v) is 3.83. The SMILES string of the molecule is CN1CCN(C[C@@H](CC(=O)Nc2nc3ccc(F)cc3s2)C(=O)O)CC1. The van der Waals surface area contributed by atoms with Gasteiger partial charge in [0.2, 0.25) is 5.91 Å². The summed E-state index contributed by atoms with van der Waals surface area (Å²) in [6.07, 6.45) is -0.119. The summed E-state index contributed by atoms with van der Waals surface area (Å²) in [6.45, 7) is 3.72. The van der Waals surface area contributed by atoms with E-state index in [1.165, 1.54) is 12.1 Å². The molecule has 1 aliphatic rings. The first-order valence-corrected chi connectivity index (χ1v) is 9.22. The molecule has 0 aliphatic carbocycles. The van der Waals surface area contributed by atoms with E-state index in [1.54, 1.807) is 6.07 Å². The van der Waals surface area contributed by atoms with E-state index in [1.807, 2.05) is 7.05 Å². The normalized spacial score (nSPS) is 17.3. The van der Waals surface area contributed by atoms with E-state index in [2.05, 4.69) is 20.1 Å². The van der Waals surface area contributed by atoms with Crippen LogP contribution in [0, 0.1) is 11.7 Å². The number of halogens is 1. The average Bonchev–Trinajstić information content (AvgIpc) is 2.97. The van der Waals surface area contributed by atoms with Crippen molar-refractivity contribution in [3.63, 3.8) is 0 Å². The quantitative estimate of drug-likeness (QED) is 0.794. The topological polar surface area (TPSA) is 85.8 Å². The van der Waals surface area contributed by atoms with Gasteiger partial charge in [-0.1, -0.05) is 11.3 Å². The molecule has 1 aliphatic heterocycles. The molecule has 1 amide bonds. The van der Waals surface area contributed by atoms with Crippen LogP contribution in [0.4, 0.5) is 9.52 Å². The number of aliphatic carboxylic acids is 1. The number of benzene rings is 1. The lowest BCUT2D eigenvalue weighted by Gasteiger charge is -2.33. The van der Waals surface area contributed by atoms with Crippen LogP contribution in [-0.2, 0) is 9.59 Å². The highest BCUT2D eigenvalue weighted by molar-refractivity contribution is 7.22. The lowest BCUT2D eigenvalue weighted by atomic mass is 10.0. The van der Waals surface area contributed by atoms with E-state index in [0.29, 0.717) is 21.9 Å². The smallest absolute Gasteiger partial charge is 0.308 e. The number of aromatic nitrogens is 1. The summed E-state index contributed by atoms with van der Waals surface area (Å²) >= 11 is 1.16. The van der Waals surface area contributed by atoms with Crippen molar-refractivity contribution in [3.05, 3.63) is 24.0 Å². The monoisotopic (exact) mass is 380 g/mol. The maximum atomic E-state index is 13.2. The van der Waals surface area contributed by atoms with E-state index in [4.69, 9.17) is 0 Å². The molecule has 2 aromatic rings. The minimum atomic E-state index is -0.981. The molecule has 26 heavy (non-hydrogen) atoms. The van der Waals surface area contributed by atoms with Crippen LogP contribution in [-0.4, -0.2) is 71.5 Å². The molecule has 1 aromatic heterocycles. The fraction of sp³-hybridized carbons (Fsp3) is 0.471. The van der Waals surface area contributed by atoms with Gasteiger partial charge in [0.25, 0.3) is 0 Å². The van der Waals surface area contributed by atoms with Gasteiger partial charge >= 0.3 is 5.97 Å². The van der Waals surface area contributed by atoms with Crippen molar-refractivity contribution in [1.29, 1.82) is 0 Å². The van der Waals surface area contributed by atoms with Crippen molar-refractivity contribution in [2.75, 3.05) is 45.1 Å². The van der Waals surface area contributed by atoms with Crippen LogP contribution in [0.15, 0.2) is 18.2 Å². The first-order valence-electron chi connectivity index (χ1n) is 8.40. The van der Waals surface area contributed by atoms with Crippen LogP contribution in [0.2, 0.25) is 0 Å². The van der Waals surface area contributed by atoms with Gasteiger partial charge in [0.05, 0.1) is 16.1 Å². The zero-order chi connectivity index (χ0) is 18.7. The number of hydrogen-bond acceptors (Lipinski definition) is 6. The highest BCUT2D eigenvalue weighted by atomic mass is 32.1. The summed E-state index contributed by atoms with van der Waals surface area (Å²) in [7, 11) is 2.03. The van der Waals surface area contributed by atoms with E-state index >= 15 is 0 Å². The molecule has 1 aromatic carbocycles. The molecular formula is C17H21FN4O3S. The Hall–Kier alpha value is -2.10. The third kappa shape index (κ3) is 4.75. The number of hydrogen-bond donors (Lipinski definition) is 2. The summed E-state index contributed by atoms with van der Waals surface area (Å²) in [5.41, 5.74) is 0.596. The largest absolute Gasteiger partial charge is 0.481 e. The number of thiazole rings is 1. The maximum absolute atomic E-state index is 13.2. The number of nitrogens with zero attached hydrogens (tertiary/aromatic N) is 3. The number of amides is 1. The average molecular weight is 380 g/mol. The van der Waals surface area contributed by atoms with E-state index in [9.17, 15) is 19.1 Å². The number of likely N-dealkylation sites (N-methyl/N-ethyl adjacent to an activating group) is 1. The van der Waals surface area contributed by atoms with Crippen LogP contribution < -0.4 is 5.32 Å². The molecule has 1 saturated heterocycles. The van der Waals surface area contributed by atoms with Crippen molar-refractivity contribution in [1.82, 2.24) is 14.8 Å². The third-order valence-corrected chi connectivity index (χ3v) is 5.39. The first kappa shape index (κ1) is 18.7. The Morgan fingerprint density at radius 2 is 2.08 bits per heavy atom. The van der Waals surface area contributed by atoms with Crippen molar-refractivity contribution >= 4 is 38.6 Å². The fourth-order valence-electron chi connectivity index (χ4n) is 2.92. The molecule has 2 heterocycles. The maximum Gasteiger partial charge on any atom is 0.308 e. The molecule has 0 spiro atoms. The van der Waals surface area contributed by atoms with Gasteiger partial charge in [-0.15, -0.1) is 0 Å². The lowest BCUT2D eigenvalue weighted by molar-refractivity contribution is -0.144. The Kier molecular flexibility index (Phi) is 5.80. The number of anilines is 1. The van der Waals surface area contributed by atoms with Crippen LogP contribution in [0.3, 0.4) is 0 Å². The van der Waals surface area contributed by atoms with Crippen LogP contribution in [0.25, 0.3) is 10.2 Å². The molecule has 1 fully saturated rings. The van der Waals surface area contributed by atoms with Gasteiger partial charge in [0.1, 0.15) is 5.82 Å². The van der Waals surface area contributed by atoms with Crippen molar-refractivity contribution in [3.8, 4) is 0 Å². The van der Waals surface area contributed by atoms with Crippen molar-refractivity contribution < 1.29 is 19.1 Å². The Morgan fingerprint density at radius 3 is 2.77 bits per heavy atom. The van der Waals surface area contributed by atoms with Crippen molar-refractivity contribution in [2.24, 2.45) is 5.92 Å². The summed E-state index contributed by atoms with van der Waals surface area (Å²) in [4.78, 5) is 32.3. The highest BCUT2D eigenvalue weighted by Crippen LogP contribution is 2.26. The van der Waals surface area contributed by atoms with Crippen LogP contribution in [0.1, 0.15) is 6.42 Å². The second-order valence-corrected chi connectivity index (χ2v) is 7.55. The van der Waals surface area contributed by atoms with Gasteiger partial charge in [-0.3, -0.25) is 14.5 Å². The molecule has 0 saturated carbocycles. The molecule has 0 bridgehead atoms. The summed E-state index contributed by atoms with van der Waals surface area (Å²) in [5.74, 6) is -2.51. The molecule has 3 rings (SSSR count). The zero-order valence-corrected chi connectivity index (χ0v) is 15.3. The van der Waals surface area contributed by atoms with E-state index in [0.717, 1.165) is 37.5 Å². The lowest BCUT2D eigenvalue weighted by Crippen LogP contribution is -2.47. The Labute approximate surface area is 154 Å². The molecular weight excluding hydrogens is 359 g/mol. The number of fused-ring (bicyclic) bond motifs is 1. The van der Waals surface area contributed by atoms with E-state index in [-0.39, 0.29) is 12.2 Å². The van der Waals surface area contributed by atoms with Gasteiger partial charge < -0.3 is 15.3 Å². The molecule has 0 radical (unpaired) electrons. The number of carboxylic acid groups (broad SMARTS) is 1. The second kappa shape index (κ2) is 8.07. The standard InChI is InChI=1S/C17H21FN4O3S/c1-21-4-6-22(7-5-21)10-11(16(24)25)8-15(23)20-17-19-13-3-2-12(18)9-14(13)26-17/h2-3,9,11H,4-8,10H2,1H3,(H,24,25)(H,19,20,23)/t11-/m1/s1. The Morgan fingerprint density at radius 1 is 1.35 bits per heavy atom. The molecule has 9 heteroatoms. The number of piperazine rings is 1. The number of carboxylic acids is 1. The van der Waals surface area contributed by atoms with Gasteiger partial charge in [-0.25, -0.2) is 9.37 Å². The van der Waals surface area contributed by atoms with Crippen molar-refractivity contribution in [2.45, 2.75) is 6.42 Å². The minimum absolute atomic E-state index is 0.119. The second-order valence-electron chi connectivity index (χ2n) is 6.52. The Balaban J connectivity index is 1.59. The molecule has 1 atom stereocenters. The predicted molar refractivity (Wildman–Crippen MR) is 97.9 cm³/mol. The number of carbonyl (C=O) groups excluding carboxylic acids is 1. The minimum Gasteiger partial charge on any atom is -0.481 e. The molecule has 7 nitrogen and oxygen atoms in total. The third-order valence-electron chi connectivity index (χ3n) is 4.45. The first-order chi connectivity index (χ1) is 12.4. The molecule has 0 unspecified atom stereocenters. The number of carbonyl (C=O) groups is 2. The summed E-state index contributed by atoms with van der Waals surface area (Å²) in [5, 5.41) is 12.4. The van der Waals surface area contributed by atoms with Gasteiger partial charge in [0, 0.05) is 39.1 Å². The summed E-state index contributed by atoms with van der Waals surface area (Å²) < 4.78 is 13.9. The molecule has 2 N–H and O–H groups in total. The van der Waals surface area contributed by atoms with Gasteiger partial charge in [-0.2, -0.15) is 0 Å². The number of nitrogens with one attached hydrogen (secondary N) is 1.